The van der Waals surface area contributed by atoms with Crippen molar-refractivity contribution in [2.45, 2.75) is 19.9 Å². The molecule has 1 aliphatic heterocycles. The molecule has 0 atom stereocenters. The molecule has 7 heteroatoms. The van der Waals surface area contributed by atoms with Crippen molar-refractivity contribution in [3.05, 3.63) is 65.6 Å². The maximum absolute atomic E-state index is 12.7. The van der Waals surface area contributed by atoms with Crippen molar-refractivity contribution in [2.24, 2.45) is 5.73 Å². The van der Waals surface area contributed by atoms with Gasteiger partial charge in [0.1, 0.15) is 0 Å². The second-order valence-corrected chi connectivity index (χ2v) is 6.54. The Morgan fingerprint density at radius 1 is 1.19 bits per heavy atom. The first kappa shape index (κ1) is 18.6. The lowest BCUT2D eigenvalue weighted by molar-refractivity contribution is -0.114. The number of aromatic nitrogens is 1. The van der Waals surface area contributed by atoms with Crippen LogP contribution in [0.1, 0.15) is 18.9 Å². The molecule has 7 nitrogen and oxygen atoms in total. The third-order valence-corrected chi connectivity index (χ3v) is 4.31. The number of nitrogens with one attached hydrogen (secondary N) is 2. The molecule has 0 spiro atoms. The minimum atomic E-state index is -0.219. The number of hydrogen-bond acceptors (Lipinski definition) is 5. The van der Waals surface area contributed by atoms with Gasteiger partial charge in [0, 0.05) is 62.4 Å². The standard InChI is InChI=1S/C20H23N5O2/c1-14(26)23-16-5-2-6-17(10-16)24-20(27)18-13-25(9-7-19(18)21)12-15-4-3-8-22-11-15/h2-6,8,10-11H,7,9,12-13,21H2,1H3,(H,23,26)(H,24,27). The van der Waals surface area contributed by atoms with Crippen LogP contribution in [-0.4, -0.2) is 34.8 Å². The number of hydrogen-bond donors (Lipinski definition) is 3. The molecule has 2 amide bonds. The minimum Gasteiger partial charge on any atom is -0.402 e. The Labute approximate surface area is 158 Å². The van der Waals surface area contributed by atoms with Gasteiger partial charge in [-0.25, -0.2) is 0 Å². The molecule has 0 fully saturated rings. The fourth-order valence-electron chi connectivity index (χ4n) is 3.02. The number of nitrogens with two attached hydrogens (primary N) is 1. The summed E-state index contributed by atoms with van der Waals surface area (Å²) in [4.78, 5) is 30.2. The van der Waals surface area contributed by atoms with E-state index in [0.717, 1.165) is 18.7 Å². The zero-order valence-corrected chi connectivity index (χ0v) is 15.2. The summed E-state index contributed by atoms with van der Waals surface area (Å²) in [6.07, 6.45) is 4.22. The zero-order valence-electron chi connectivity index (χ0n) is 15.2. The Bertz CT molecular complexity index is 864. The number of amides is 2. The zero-order chi connectivity index (χ0) is 19.2. The first-order valence-electron chi connectivity index (χ1n) is 8.79. The van der Waals surface area contributed by atoms with Crippen molar-refractivity contribution in [3.63, 3.8) is 0 Å². The van der Waals surface area contributed by atoms with Gasteiger partial charge < -0.3 is 16.4 Å². The van der Waals surface area contributed by atoms with Crippen LogP contribution in [0.2, 0.25) is 0 Å². The first-order valence-corrected chi connectivity index (χ1v) is 8.79. The van der Waals surface area contributed by atoms with Crippen molar-refractivity contribution in [3.8, 4) is 0 Å². The molecule has 2 heterocycles. The lowest BCUT2D eigenvalue weighted by atomic mass is 10.0. The van der Waals surface area contributed by atoms with Crippen LogP contribution in [0.4, 0.5) is 11.4 Å². The van der Waals surface area contributed by atoms with E-state index in [1.165, 1.54) is 6.92 Å². The average Bonchev–Trinajstić information content (AvgIpc) is 2.64. The van der Waals surface area contributed by atoms with Crippen LogP contribution in [-0.2, 0) is 16.1 Å². The molecule has 0 aliphatic carbocycles. The van der Waals surface area contributed by atoms with Crippen molar-refractivity contribution in [1.82, 2.24) is 9.88 Å². The van der Waals surface area contributed by atoms with Crippen molar-refractivity contribution >= 4 is 23.2 Å². The Morgan fingerprint density at radius 3 is 2.67 bits per heavy atom. The minimum absolute atomic E-state index is 0.163. The van der Waals surface area contributed by atoms with Crippen molar-refractivity contribution in [1.29, 1.82) is 0 Å². The summed E-state index contributed by atoms with van der Waals surface area (Å²) < 4.78 is 0. The third-order valence-electron chi connectivity index (χ3n) is 4.31. The van der Waals surface area contributed by atoms with Gasteiger partial charge in [0.15, 0.2) is 0 Å². The molecule has 3 rings (SSSR count). The highest BCUT2D eigenvalue weighted by atomic mass is 16.2. The van der Waals surface area contributed by atoms with E-state index in [4.69, 9.17) is 5.73 Å². The SMILES string of the molecule is CC(=O)Nc1cccc(NC(=O)C2=C(N)CCN(Cc3cccnc3)C2)c1. The van der Waals surface area contributed by atoms with E-state index in [9.17, 15) is 9.59 Å². The van der Waals surface area contributed by atoms with Gasteiger partial charge in [-0.2, -0.15) is 0 Å². The second kappa shape index (κ2) is 8.46. The summed E-state index contributed by atoms with van der Waals surface area (Å²) in [6, 6.07) is 10.9. The molecule has 0 radical (unpaired) electrons. The average molecular weight is 365 g/mol. The van der Waals surface area contributed by atoms with Gasteiger partial charge in [0.25, 0.3) is 5.91 Å². The molecule has 0 saturated carbocycles. The van der Waals surface area contributed by atoms with E-state index < -0.39 is 0 Å². The fourth-order valence-corrected chi connectivity index (χ4v) is 3.02. The lowest BCUT2D eigenvalue weighted by Gasteiger charge is -2.29. The van der Waals surface area contributed by atoms with Crippen LogP contribution < -0.4 is 16.4 Å². The van der Waals surface area contributed by atoms with Crippen LogP contribution in [0.3, 0.4) is 0 Å². The molecule has 27 heavy (non-hydrogen) atoms. The molecule has 1 aliphatic rings. The monoisotopic (exact) mass is 365 g/mol. The van der Waals surface area contributed by atoms with Gasteiger partial charge in [-0.1, -0.05) is 12.1 Å². The van der Waals surface area contributed by atoms with Crippen LogP contribution >= 0.6 is 0 Å². The van der Waals surface area contributed by atoms with Crippen LogP contribution in [0.15, 0.2) is 60.1 Å². The highest BCUT2D eigenvalue weighted by molar-refractivity contribution is 6.05. The molecule has 2 aromatic rings. The van der Waals surface area contributed by atoms with Gasteiger partial charge in [0.05, 0.1) is 5.57 Å². The molecule has 0 bridgehead atoms. The van der Waals surface area contributed by atoms with E-state index >= 15 is 0 Å². The summed E-state index contributed by atoms with van der Waals surface area (Å²) >= 11 is 0. The van der Waals surface area contributed by atoms with Crippen molar-refractivity contribution < 1.29 is 9.59 Å². The van der Waals surface area contributed by atoms with E-state index in [2.05, 4.69) is 20.5 Å². The molecule has 1 aromatic carbocycles. The number of nitrogens with zero attached hydrogens (tertiary/aromatic N) is 2. The number of rotatable bonds is 5. The smallest absolute Gasteiger partial charge is 0.254 e. The van der Waals surface area contributed by atoms with Crippen LogP contribution in [0, 0.1) is 0 Å². The lowest BCUT2D eigenvalue weighted by Crippen LogP contribution is -2.37. The van der Waals surface area contributed by atoms with Crippen LogP contribution in [0.25, 0.3) is 0 Å². The molecular formula is C20H23N5O2. The highest BCUT2D eigenvalue weighted by Gasteiger charge is 2.22. The predicted octanol–water partition coefficient (Wildman–Crippen LogP) is 2.10. The normalized spacial score (nSPS) is 14.7. The van der Waals surface area contributed by atoms with Gasteiger partial charge in [0.2, 0.25) is 5.91 Å². The van der Waals surface area contributed by atoms with Gasteiger partial charge in [-0.05, 0) is 29.8 Å². The second-order valence-electron chi connectivity index (χ2n) is 6.54. The predicted molar refractivity (Wildman–Crippen MR) is 105 cm³/mol. The number of carbonyl (C=O) groups excluding carboxylic acids is 2. The fraction of sp³-hybridized carbons (Fsp3) is 0.250. The summed E-state index contributed by atoms with van der Waals surface area (Å²) in [5, 5.41) is 5.57. The van der Waals surface area contributed by atoms with E-state index in [1.807, 2.05) is 18.3 Å². The van der Waals surface area contributed by atoms with E-state index in [-0.39, 0.29) is 11.8 Å². The molecule has 1 aromatic heterocycles. The molecular weight excluding hydrogens is 342 g/mol. The molecule has 0 saturated heterocycles. The van der Waals surface area contributed by atoms with E-state index in [1.54, 1.807) is 30.5 Å². The van der Waals surface area contributed by atoms with Gasteiger partial charge >= 0.3 is 0 Å². The highest BCUT2D eigenvalue weighted by Crippen LogP contribution is 2.20. The largest absolute Gasteiger partial charge is 0.402 e. The molecule has 140 valence electrons. The van der Waals surface area contributed by atoms with Crippen LogP contribution in [0.5, 0.6) is 0 Å². The number of carbonyl (C=O) groups is 2. The third kappa shape index (κ3) is 5.15. The number of anilines is 2. The van der Waals surface area contributed by atoms with Crippen molar-refractivity contribution in [2.75, 3.05) is 23.7 Å². The maximum atomic E-state index is 12.7. The summed E-state index contributed by atoms with van der Waals surface area (Å²) in [6.45, 7) is 3.44. The summed E-state index contributed by atoms with van der Waals surface area (Å²) in [7, 11) is 0. The van der Waals surface area contributed by atoms with E-state index in [0.29, 0.717) is 35.6 Å². The Hall–Kier alpha value is -3.19. The Balaban J connectivity index is 1.67. The number of benzene rings is 1. The van der Waals surface area contributed by atoms with Gasteiger partial charge in [-0.15, -0.1) is 0 Å². The number of pyridine rings is 1. The molecule has 0 unspecified atom stereocenters. The Morgan fingerprint density at radius 2 is 1.96 bits per heavy atom. The topological polar surface area (TPSA) is 100 Å². The molecule has 4 N–H and O–H groups in total. The van der Waals surface area contributed by atoms with Gasteiger partial charge in [-0.3, -0.25) is 19.5 Å². The Kier molecular flexibility index (Phi) is 5.83. The first-order chi connectivity index (χ1) is 13.0. The maximum Gasteiger partial charge on any atom is 0.254 e. The summed E-state index contributed by atoms with van der Waals surface area (Å²) in [5.74, 6) is -0.382. The quantitative estimate of drug-likeness (QED) is 0.753. The summed E-state index contributed by atoms with van der Waals surface area (Å²) in [5.41, 5.74) is 9.64.